The van der Waals surface area contributed by atoms with Crippen molar-refractivity contribution >= 4 is 34.5 Å². The molecule has 9 nitrogen and oxygen atoms in total. The normalized spacial score (nSPS) is 11.4. The molecule has 2 N–H and O–H groups in total. The van der Waals surface area contributed by atoms with Gasteiger partial charge in [0.15, 0.2) is 11.6 Å². The molecule has 5 aromatic rings. The van der Waals surface area contributed by atoms with Crippen LogP contribution in [0.2, 0.25) is 0 Å². The van der Waals surface area contributed by atoms with E-state index in [-0.39, 0.29) is 29.6 Å². The summed E-state index contributed by atoms with van der Waals surface area (Å²) >= 11 is 0. The Morgan fingerprint density at radius 1 is 0.977 bits per heavy atom. The molecule has 0 aliphatic rings. The summed E-state index contributed by atoms with van der Waals surface area (Å²) in [6.45, 7) is 0.724. The van der Waals surface area contributed by atoms with Crippen LogP contribution in [0.4, 0.5) is 24.8 Å². The number of nitrogens with one attached hydrogen (secondary N) is 2. The third kappa shape index (κ3) is 7.16. The van der Waals surface area contributed by atoms with E-state index in [4.69, 9.17) is 0 Å². The van der Waals surface area contributed by atoms with Crippen molar-refractivity contribution in [3.05, 3.63) is 129 Å². The number of hydrogen-bond donors (Lipinski definition) is 2. The fraction of sp³-hybridized carbons (Fsp3) is 0.156. The van der Waals surface area contributed by atoms with Gasteiger partial charge in [0.25, 0.3) is 11.5 Å². The fourth-order valence-electron chi connectivity index (χ4n) is 4.45. The number of fused-ring (bicyclic) bond motifs is 1. The van der Waals surface area contributed by atoms with Gasteiger partial charge in [0.2, 0.25) is 5.95 Å². The van der Waals surface area contributed by atoms with Gasteiger partial charge in [-0.1, -0.05) is 30.4 Å². The third-order valence-electron chi connectivity index (χ3n) is 6.60. The van der Waals surface area contributed by atoms with E-state index in [9.17, 15) is 18.4 Å². The maximum Gasteiger partial charge on any atom is 0.266 e. The van der Waals surface area contributed by atoms with E-state index in [0.717, 1.165) is 35.1 Å². The molecule has 2 aromatic heterocycles. The molecule has 5 rings (SSSR count). The molecule has 0 radical (unpaired) electrons. The first-order valence-electron chi connectivity index (χ1n) is 13.6. The number of aromatic nitrogens is 4. The highest BCUT2D eigenvalue weighted by Crippen LogP contribution is 2.23. The summed E-state index contributed by atoms with van der Waals surface area (Å²) in [5, 5.41) is 5.94. The summed E-state index contributed by atoms with van der Waals surface area (Å²) in [6, 6.07) is 14.4. The van der Waals surface area contributed by atoms with E-state index in [0.29, 0.717) is 17.0 Å². The molecule has 0 aliphatic heterocycles. The Kier molecular flexibility index (Phi) is 9.10. The van der Waals surface area contributed by atoms with Crippen LogP contribution in [0.25, 0.3) is 17.0 Å². The van der Waals surface area contributed by atoms with Crippen molar-refractivity contribution in [2.75, 3.05) is 26.0 Å². The minimum Gasteiger partial charge on any atom is -0.348 e. The molecule has 0 bridgehead atoms. The number of benzene rings is 3. The molecular weight excluding hydrogens is 571 g/mol. The monoisotopic (exact) mass is 599 g/mol. The number of anilines is 2. The zero-order chi connectivity index (χ0) is 31.2. The maximum absolute atomic E-state index is 15.2. The molecule has 0 atom stereocenters. The largest absolute Gasteiger partial charge is 0.348 e. The van der Waals surface area contributed by atoms with Crippen molar-refractivity contribution in [1.29, 1.82) is 0 Å². The predicted molar refractivity (Wildman–Crippen MR) is 162 cm³/mol. The predicted octanol–water partition coefficient (Wildman–Crippen LogP) is 4.90. The van der Waals surface area contributed by atoms with Crippen LogP contribution in [-0.4, -0.2) is 51.0 Å². The average molecular weight is 600 g/mol. The Balaban J connectivity index is 1.21. The van der Waals surface area contributed by atoms with Crippen LogP contribution in [-0.2, 0) is 13.1 Å². The number of rotatable bonds is 10. The second kappa shape index (κ2) is 13.3. The quantitative estimate of drug-likeness (QED) is 0.235. The molecule has 3 aromatic carbocycles. The highest BCUT2D eigenvalue weighted by atomic mass is 19.2. The first kappa shape index (κ1) is 30.1. The lowest BCUT2D eigenvalue weighted by atomic mass is 10.1. The first-order valence-corrected chi connectivity index (χ1v) is 13.6. The molecule has 0 saturated heterocycles. The zero-order valence-electron chi connectivity index (χ0n) is 23.9. The topological polar surface area (TPSA) is 105 Å². The van der Waals surface area contributed by atoms with Gasteiger partial charge in [0, 0.05) is 36.7 Å². The van der Waals surface area contributed by atoms with Crippen LogP contribution in [0.5, 0.6) is 0 Å². The Morgan fingerprint density at radius 2 is 1.75 bits per heavy atom. The Labute approximate surface area is 250 Å². The molecule has 0 aliphatic carbocycles. The molecule has 12 heteroatoms. The minimum absolute atomic E-state index is 0.000505. The number of amides is 1. The molecular formula is C32H28F3N7O2. The van der Waals surface area contributed by atoms with Gasteiger partial charge >= 0.3 is 0 Å². The van der Waals surface area contributed by atoms with Gasteiger partial charge in [0.1, 0.15) is 11.4 Å². The van der Waals surface area contributed by atoms with Crippen molar-refractivity contribution in [2.24, 2.45) is 0 Å². The van der Waals surface area contributed by atoms with E-state index < -0.39 is 28.9 Å². The molecule has 0 spiro atoms. The number of carbonyl (C=O) groups is 1. The van der Waals surface area contributed by atoms with Gasteiger partial charge < -0.3 is 15.5 Å². The van der Waals surface area contributed by atoms with Gasteiger partial charge in [0.05, 0.1) is 23.8 Å². The highest BCUT2D eigenvalue weighted by molar-refractivity contribution is 5.93. The van der Waals surface area contributed by atoms with E-state index in [2.05, 4.69) is 30.5 Å². The van der Waals surface area contributed by atoms with E-state index in [1.54, 1.807) is 12.1 Å². The second-order valence-electron chi connectivity index (χ2n) is 10.3. The Bertz CT molecular complexity index is 1910. The fourth-order valence-corrected chi connectivity index (χ4v) is 4.45. The van der Waals surface area contributed by atoms with Crippen molar-refractivity contribution in [3.8, 4) is 0 Å². The number of nitrogens with zero attached hydrogens (tertiary/aromatic N) is 5. The smallest absolute Gasteiger partial charge is 0.266 e. The van der Waals surface area contributed by atoms with Gasteiger partial charge in [-0.15, -0.1) is 0 Å². The van der Waals surface area contributed by atoms with Gasteiger partial charge in [-0.2, -0.15) is 0 Å². The molecule has 0 unspecified atom stereocenters. The second-order valence-corrected chi connectivity index (χ2v) is 10.3. The van der Waals surface area contributed by atoms with Crippen LogP contribution in [0.1, 0.15) is 27.0 Å². The zero-order valence-corrected chi connectivity index (χ0v) is 23.9. The Hall–Kier alpha value is -5.36. The van der Waals surface area contributed by atoms with E-state index in [1.165, 1.54) is 36.3 Å². The highest BCUT2D eigenvalue weighted by Gasteiger charge is 2.14. The number of halogens is 3. The molecule has 2 heterocycles. The van der Waals surface area contributed by atoms with E-state index >= 15 is 4.39 Å². The number of carbonyl (C=O) groups excluding carboxylic acids is 1. The molecule has 1 amide bonds. The summed E-state index contributed by atoms with van der Waals surface area (Å²) < 4.78 is 43.1. The molecule has 0 saturated carbocycles. The SMILES string of the molecule is CN(C)Cc1ccc(Nc2ncc3c(F)c(/C=C/CNC(=O)c4cncn(Cc5ccc(F)c(F)c5)c4=O)ccc3n2)cc1. The maximum atomic E-state index is 15.2. The Morgan fingerprint density at radius 3 is 2.50 bits per heavy atom. The van der Waals surface area contributed by atoms with Crippen LogP contribution in [0.15, 0.2) is 84.2 Å². The standard InChI is InChI=1S/C32H28F3N7O2/c1-41(2)17-20-5-9-23(10-6-20)39-32-38-16-24-28(40-32)12-8-22(29(24)35)4-3-13-37-30(43)25-15-36-19-42(31(25)44)18-21-7-11-26(33)27(34)14-21/h3-12,14-16,19H,13,17-18H2,1-2H3,(H,37,43)(H,38,39,40)/b4-3+. The van der Waals surface area contributed by atoms with Crippen LogP contribution in [0, 0.1) is 17.5 Å². The average Bonchev–Trinajstić information content (AvgIpc) is 3.00. The van der Waals surface area contributed by atoms with Crippen LogP contribution >= 0.6 is 0 Å². The summed E-state index contributed by atoms with van der Waals surface area (Å²) in [6.07, 6.45) is 6.77. The van der Waals surface area contributed by atoms with Crippen LogP contribution in [0.3, 0.4) is 0 Å². The van der Waals surface area contributed by atoms with Crippen molar-refractivity contribution < 1.29 is 18.0 Å². The summed E-state index contributed by atoms with van der Waals surface area (Å²) in [7, 11) is 4.00. The summed E-state index contributed by atoms with van der Waals surface area (Å²) in [5.41, 5.74) is 2.11. The van der Waals surface area contributed by atoms with Crippen LogP contribution < -0.4 is 16.2 Å². The van der Waals surface area contributed by atoms with Gasteiger partial charge in [-0.25, -0.2) is 28.1 Å². The van der Waals surface area contributed by atoms with Gasteiger partial charge in [-0.05, 0) is 61.6 Å². The lowest BCUT2D eigenvalue weighted by Crippen LogP contribution is -2.33. The lowest BCUT2D eigenvalue weighted by Gasteiger charge is -2.11. The van der Waals surface area contributed by atoms with Crippen molar-refractivity contribution in [3.63, 3.8) is 0 Å². The summed E-state index contributed by atoms with van der Waals surface area (Å²) in [5.74, 6) is -2.91. The van der Waals surface area contributed by atoms with E-state index in [1.807, 2.05) is 38.4 Å². The van der Waals surface area contributed by atoms with Crippen molar-refractivity contribution in [1.82, 2.24) is 29.7 Å². The summed E-state index contributed by atoms with van der Waals surface area (Å²) in [4.78, 5) is 40.1. The third-order valence-corrected chi connectivity index (χ3v) is 6.60. The molecule has 44 heavy (non-hydrogen) atoms. The number of hydrogen-bond acceptors (Lipinski definition) is 7. The van der Waals surface area contributed by atoms with Crippen molar-refractivity contribution in [2.45, 2.75) is 13.1 Å². The molecule has 224 valence electrons. The first-order chi connectivity index (χ1) is 21.2. The minimum atomic E-state index is -1.04. The lowest BCUT2D eigenvalue weighted by molar-refractivity contribution is 0.0955. The van der Waals surface area contributed by atoms with Gasteiger partial charge in [-0.3, -0.25) is 14.2 Å². The molecule has 0 fully saturated rings.